The molecule has 3 rings (SSSR count). The van der Waals surface area contributed by atoms with Crippen molar-refractivity contribution in [3.8, 4) is 0 Å². The van der Waals surface area contributed by atoms with Crippen LogP contribution in [-0.4, -0.2) is 41.6 Å². The topological polar surface area (TPSA) is 84.7 Å². The Bertz CT molecular complexity index is 702. The maximum Gasteiger partial charge on any atom is 0.257 e. The molecule has 0 saturated carbocycles. The molecule has 1 aromatic heterocycles. The molecule has 23 heavy (non-hydrogen) atoms. The monoisotopic (exact) mass is 335 g/mol. The average Bonchev–Trinajstić information content (AvgIpc) is 3.04. The first-order valence-electron chi connectivity index (χ1n) is 6.90. The number of amides is 2. The van der Waals surface area contributed by atoms with Crippen molar-refractivity contribution >= 4 is 29.2 Å². The van der Waals surface area contributed by atoms with E-state index in [-0.39, 0.29) is 18.3 Å². The molecule has 2 atom stereocenters. The third kappa shape index (κ3) is 3.20. The fourth-order valence-electron chi connectivity index (χ4n) is 2.46. The highest BCUT2D eigenvalue weighted by atomic mass is 35.5. The fraction of sp³-hybridized carbons (Fsp3) is 0.267. The average molecular weight is 336 g/mol. The van der Waals surface area contributed by atoms with Crippen molar-refractivity contribution in [3.63, 3.8) is 0 Å². The van der Waals surface area contributed by atoms with Crippen LogP contribution >= 0.6 is 11.6 Å². The van der Waals surface area contributed by atoms with E-state index in [1.165, 1.54) is 17.2 Å². The number of nitrogens with zero attached hydrogens (tertiary/aromatic N) is 2. The van der Waals surface area contributed by atoms with Crippen molar-refractivity contribution < 1.29 is 18.8 Å². The van der Waals surface area contributed by atoms with Crippen LogP contribution in [0.2, 0.25) is 5.02 Å². The van der Waals surface area contributed by atoms with E-state index in [0.717, 1.165) is 5.56 Å². The zero-order valence-corrected chi connectivity index (χ0v) is 13.0. The van der Waals surface area contributed by atoms with Gasteiger partial charge in [0.2, 0.25) is 5.91 Å². The standard InChI is InChI=1S/C15H14ClN3O4/c1-19-12(20)8-22-14(15(21)17-11-6-7-23-18-11)13(19)9-2-4-10(16)5-3-9/h2-7,13-14H,8H2,1H3,(H,17,18,21)/t13-,14-/m1/s1. The lowest BCUT2D eigenvalue weighted by Gasteiger charge is -2.38. The quantitative estimate of drug-likeness (QED) is 0.925. The van der Waals surface area contributed by atoms with Gasteiger partial charge in [0.25, 0.3) is 5.91 Å². The molecule has 1 aromatic carbocycles. The summed E-state index contributed by atoms with van der Waals surface area (Å²) in [5.41, 5.74) is 0.755. The molecule has 1 aliphatic heterocycles. The molecule has 0 radical (unpaired) electrons. The summed E-state index contributed by atoms with van der Waals surface area (Å²) in [5, 5.41) is 6.81. The van der Waals surface area contributed by atoms with Gasteiger partial charge >= 0.3 is 0 Å². The normalized spacial score (nSPS) is 21.3. The SMILES string of the molecule is CN1C(=O)CO[C@@H](C(=O)Nc2ccon2)[C@H]1c1ccc(Cl)cc1. The number of anilines is 1. The Morgan fingerprint density at radius 3 is 2.74 bits per heavy atom. The van der Waals surface area contributed by atoms with Crippen molar-refractivity contribution in [2.75, 3.05) is 19.0 Å². The van der Waals surface area contributed by atoms with E-state index in [2.05, 4.69) is 15.0 Å². The van der Waals surface area contributed by atoms with E-state index in [1.807, 2.05) is 0 Å². The summed E-state index contributed by atoms with van der Waals surface area (Å²) in [6, 6.07) is 7.91. The summed E-state index contributed by atoms with van der Waals surface area (Å²) >= 11 is 5.90. The molecule has 0 spiro atoms. The minimum absolute atomic E-state index is 0.155. The lowest BCUT2D eigenvalue weighted by Crippen LogP contribution is -2.51. The molecule has 1 N–H and O–H groups in total. The van der Waals surface area contributed by atoms with Crippen LogP contribution in [0.1, 0.15) is 11.6 Å². The summed E-state index contributed by atoms with van der Waals surface area (Å²) in [7, 11) is 1.64. The van der Waals surface area contributed by atoms with Gasteiger partial charge in [0.15, 0.2) is 11.9 Å². The van der Waals surface area contributed by atoms with Gasteiger partial charge in [0.05, 0.1) is 6.04 Å². The number of morpholine rings is 1. The molecule has 2 aromatic rings. The third-order valence-corrected chi connectivity index (χ3v) is 3.89. The lowest BCUT2D eigenvalue weighted by atomic mass is 9.97. The van der Waals surface area contributed by atoms with Crippen LogP contribution in [0.3, 0.4) is 0 Å². The van der Waals surface area contributed by atoms with Gasteiger partial charge in [-0.15, -0.1) is 0 Å². The largest absolute Gasteiger partial charge is 0.363 e. The first-order chi connectivity index (χ1) is 11.1. The zero-order chi connectivity index (χ0) is 16.4. The number of nitrogens with one attached hydrogen (secondary N) is 1. The highest BCUT2D eigenvalue weighted by molar-refractivity contribution is 6.30. The van der Waals surface area contributed by atoms with Crippen LogP contribution in [-0.2, 0) is 14.3 Å². The molecule has 0 aliphatic carbocycles. The summed E-state index contributed by atoms with van der Waals surface area (Å²) in [5.74, 6) is -0.318. The Labute approximate surface area is 137 Å². The minimum atomic E-state index is -0.865. The molecule has 2 heterocycles. The second kappa shape index (κ2) is 6.39. The lowest BCUT2D eigenvalue weighted by molar-refractivity contribution is -0.160. The first-order valence-corrected chi connectivity index (χ1v) is 7.28. The molecule has 2 amide bonds. The predicted molar refractivity (Wildman–Crippen MR) is 81.8 cm³/mol. The van der Waals surface area contributed by atoms with Gasteiger partial charge in [-0.25, -0.2) is 0 Å². The van der Waals surface area contributed by atoms with Gasteiger partial charge in [-0.3, -0.25) is 9.59 Å². The maximum absolute atomic E-state index is 12.5. The Morgan fingerprint density at radius 1 is 1.35 bits per heavy atom. The fourth-order valence-corrected chi connectivity index (χ4v) is 2.59. The molecule has 7 nitrogen and oxygen atoms in total. The highest BCUT2D eigenvalue weighted by Crippen LogP contribution is 2.30. The van der Waals surface area contributed by atoms with Crippen LogP contribution < -0.4 is 5.32 Å². The van der Waals surface area contributed by atoms with Crippen LogP contribution in [0.4, 0.5) is 5.82 Å². The van der Waals surface area contributed by atoms with Gasteiger partial charge in [-0.2, -0.15) is 0 Å². The van der Waals surface area contributed by atoms with E-state index in [1.54, 1.807) is 31.3 Å². The van der Waals surface area contributed by atoms with E-state index in [0.29, 0.717) is 5.02 Å². The molecule has 1 fully saturated rings. The number of rotatable bonds is 3. The van der Waals surface area contributed by atoms with E-state index in [4.69, 9.17) is 16.3 Å². The van der Waals surface area contributed by atoms with E-state index >= 15 is 0 Å². The number of hydrogen-bond acceptors (Lipinski definition) is 5. The molecular weight excluding hydrogens is 322 g/mol. The molecule has 1 aliphatic rings. The molecule has 8 heteroatoms. The molecule has 120 valence electrons. The number of carbonyl (C=O) groups is 2. The molecular formula is C15H14ClN3O4. The number of benzene rings is 1. The minimum Gasteiger partial charge on any atom is -0.363 e. The van der Waals surface area contributed by atoms with Crippen LogP contribution in [0.25, 0.3) is 0 Å². The van der Waals surface area contributed by atoms with Gasteiger partial charge in [-0.1, -0.05) is 28.9 Å². The van der Waals surface area contributed by atoms with Gasteiger partial charge in [-0.05, 0) is 17.7 Å². The third-order valence-electron chi connectivity index (χ3n) is 3.64. The van der Waals surface area contributed by atoms with Crippen LogP contribution in [0.5, 0.6) is 0 Å². The van der Waals surface area contributed by atoms with E-state index < -0.39 is 18.1 Å². The summed E-state index contributed by atoms with van der Waals surface area (Å²) in [6.45, 7) is -0.155. The second-order valence-corrected chi connectivity index (χ2v) is 5.54. The first kappa shape index (κ1) is 15.5. The van der Waals surface area contributed by atoms with Crippen molar-refractivity contribution in [1.82, 2.24) is 10.1 Å². The summed E-state index contributed by atoms with van der Waals surface area (Å²) < 4.78 is 10.2. The van der Waals surface area contributed by atoms with Crippen molar-refractivity contribution in [3.05, 3.63) is 47.2 Å². The number of aromatic nitrogens is 1. The Kier molecular flexibility index (Phi) is 4.31. The van der Waals surface area contributed by atoms with Crippen molar-refractivity contribution in [1.29, 1.82) is 0 Å². The number of carbonyl (C=O) groups excluding carboxylic acids is 2. The number of halogens is 1. The van der Waals surface area contributed by atoms with Crippen LogP contribution in [0, 0.1) is 0 Å². The van der Waals surface area contributed by atoms with Crippen molar-refractivity contribution in [2.24, 2.45) is 0 Å². The number of ether oxygens (including phenoxy) is 1. The molecule has 0 bridgehead atoms. The Balaban J connectivity index is 1.88. The number of hydrogen-bond donors (Lipinski definition) is 1. The van der Waals surface area contributed by atoms with Crippen molar-refractivity contribution in [2.45, 2.75) is 12.1 Å². The zero-order valence-electron chi connectivity index (χ0n) is 12.2. The molecule has 0 unspecified atom stereocenters. The Hall–Kier alpha value is -2.38. The van der Waals surface area contributed by atoms with Gasteiger partial charge in [0.1, 0.15) is 12.9 Å². The molecule has 1 saturated heterocycles. The summed E-state index contributed by atoms with van der Waals surface area (Å²) in [6.07, 6.45) is 0.486. The smallest absolute Gasteiger partial charge is 0.257 e. The predicted octanol–water partition coefficient (Wildman–Crippen LogP) is 1.86. The van der Waals surface area contributed by atoms with E-state index in [9.17, 15) is 9.59 Å². The summed E-state index contributed by atoms with van der Waals surface area (Å²) in [4.78, 5) is 25.9. The highest BCUT2D eigenvalue weighted by Gasteiger charge is 2.40. The Morgan fingerprint density at radius 2 is 2.09 bits per heavy atom. The van der Waals surface area contributed by atoms with Gasteiger partial charge < -0.3 is 19.5 Å². The van der Waals surface area contributed by atoms with Gasteiger partial charge in [0, 0.05) is 18.1 Å². The van der Waals surface area contributed by atoms with Crippen LogP contribution in [0.15, 0.2) is 41.1 Å². The maximum atomic E-state index is 12.5. The second-order valence-electron chi connectivity index (χ2n) is 5.11. The number of likely N-dealkylation sites (N-methyl/N-ethyl adjacent to an activating group) is 1.